The summed E-state index contributed by atoms with van der Waals surface area (Å²) in [5.74, 6) is -0.312. The molecule has 0 aliphatic rings. The Hall–Kier alpha value is -1.68. The number of benzene rings is 1. The van der Waals surface area contributed by atoms with E-state index in [1.165, 1.54) is 24.0 Å². The molecule has 4 heteroatoms. The summed E-state index contributed by atoms with van der Waals surface area (Å²) in [7, 11) is 0. The van der Waals surface area contributed by atoms with Crippen LogP contribution in [0.15, 0.2) is 47.6 Å². The van der Waals surface area contributed by atoms with Crippen molar-refractivity contribution < 1.29 is 9.18 Å². The second-order valence-electron chi connectivity index (χ2n) is 3.87. The molecule has 0 spiro atoms. The van der Waals surface area contributed by atoms with Crippen LogP contribution < -0.4 is 0 Å². The summed E-state index contributed by atoms with van der Waals surface area (Å²) in [4.78, 5) is 16.6. The second kappa shape index (κ2) is 5.78. The van der Waals surface area contributed by atoms with Crippen molar-refractivity contribution >= 4 is 17.5 Å². The van der Waals surface area contributed by atoms with E-state index in [1.54, 1.807) is 0 Å². The van der Waals surface area contributed by atoms with Gasteiger partial charge in [0.2, 0.25) is 0 Å². The molecule has 2 aromatic rings. The van der Waals surface area contributed by atoms with Crippen molar-refractivity contribution in [2.24, 2.45) is 0 Å². The summed E-state index contributed by atoms with van der Waals surface area (Å²) in [5, 5.41) is 0. The molecular weight excluding hydrogens is 249 g/mol. The van der Waals surface area contributed by atoms with Gasteiger partial charge in [-0.2, -0.15) is 0 Å². The number of Topliss-reactive ketones (excluding diaryl/α,β-unsaturated/α-hetero) is 1. The maximum absolute atomic E-state index is 12.9. The van der Waals surface area contributed by atoms with Crippen molar-refractivity contribution in [3.63, 3.8) is 0 Å². The van der Waals surface area contributed by atoms with Gasteiger partial charge in [-0.1, -0.05) is 18.2 Å². The van der Waals surface area contributed by atoms with Gasteiger partial charge in [-0.15, -0.1) is 11.8 Å². The van der Waals surface area contributed by atoms with Crippen molar-refractivity contribution in [1.82, 2.24) is 4.98 Å². The van der Waals surface area contributed by atoms with Crippen molar-refractivity contribution in [3.8, 4) is 0 Å². The van der Waals surface area contributed by atoms with Gasteiger partial charge in [0.05, 0.1) is 11.9 Å². The first kappa shape index (κ1) is 12.8. The monoisotopic (exact) mass is 261 g/mol. The Bertz CT molecular complexity index is 571. The van der Waals surface area contributed by atoms with E-state index in [9.17, 15) is 9.18 Å². The third kappa shape index (κ3) is 3.17. The predicted octanol–water partition coefficient (Wildman–Crippen LogP) is 3.50. The number of ketones is 1. The fraction of sp³-hybridized carbons (Fsp3) is 0.143. The van der Waals surface area contributed by atoms with E-state index in [0.717, 1.165) is 16.7 Å². The van der Waals surface area contributed by atoms with E-state index in [0.29, 0.717) is 5.56 Å². The van der Waals surface area contributed by atoms with Crippen molar-refractivity contribution in [1.29, 1.82) is 0 Å². The Kier molecular flexibility index (Phi) is 4.10. The molecule has 92 valence electrons. The van der Waals surface area contributed by atoms with Gasteiger partial charge in [-0.05, 0) is 24.6 Å². The standard InChI is InChI=1S/C14H12FNOS/c1-10-4-2-3-5-14(10)18-9-13(17)11-6-12(15)8-16-7-11/h2-8H,9H2,1H3. The molecule has 18 heavy (non-hydrogen) atoms. The van der Waals surface area contributed by atoms with Gasteiger partial charge in [0.1, 0.15) is 5.82 Å². The third-order valence-electron chi connectivity index (χ3n) is 2.48. The largest absolute Gasteiger partial charge is 0.293 e. The number of halogens is 1. The molecule has 0 saturated heterocycles. The normalized spacial score (nSPS) is 10.3. The van der Waals surface area contributed by atoms with Gasteiger partial charge in [-0.3, -0.25) is 9.78 Å². The number of carbonyl (C=O) groups is 1. The molecule has 2 rings (SSSR count). The summed E-state index contributed by atoms with van der Waals surface area (Å²) >= 11 is 1.46. The summed E-state index contributed by atoms with van der Waals surface area (Å²) < 4.78 is 12.9. The van der Waals surface area contributed by atoms with E-state index in [4.69, 9.17) is 0 Å². The highest BCUT2D eigenvalue weighted by molar-refractivity contribution is 8.00. The Morgan fingerprint density at radius 2 is 2.11 bits per heavy atom. The zero-order valence-electron chi connectivity index (χ0n) is 9.89. The van der Waals surface area contributed by atoms with E-state index >= 15 is 0 Å². The van der Waals surface area contributed by atoms with Gasteiger partial charge < -0.3 is 0 Å². The lowest BCUT2D eigenvalue weighted by Crippen LogP contribution is -2.03. The fourth-order valence-corrected chi connectivity index (χ4v) is 2.43. The number of hydrogen-bond donors (Lipinski definition) is 0. The molecule has 0 bridgehead atoms. The lowest BCUT2D eigenvalue weighted by Gasteiger charge is -2.04. The summed E-state index contributed by atoms with van der Waals surface area (Å²) in [5.41, 5.74) is 1.45. The lowest BCUT2D eigenvalue weighted by atomic mass is 10.2. The zero-order valence-corrected chi connectivity index (χ0v) is 10.7. The average molecular weight is 261 g/mol. The number of pyridine rings is 1. The number of nitrogens with zero attached hydrogens (tertiary/aromatic N) is 1. The van der Waals surface area contributed by atoms with Crippen LogP contribution in [0.5, 0.6) is 0 Å². The first-order valence-electron chi connectivity index (χ1n) is 5.49. The van der Waals surface area contributed by atoms with Crippen molar-refractivity contribution in [2.75, 3.05) is 5.75 Å². The SMILES string of the molecule is Cc1ccccc1SCC(=O)c1cncc(F)c1. The second-order valence-corrected chi connectivity index (χ2v) is 4.89. The number of hydrogen-bond acceptors (Lipinski definition) is 3. The first-order valence-corrected chi connectivity index (χ1v) is 6.47. The topological polar surface area (TPSA) is 30.0 Å². The number of thioether (sulfide) groups is 1. The summed E-state index contributed by atoms with van der Waals surface area (Å²) in [6.45, 7) is 2.00. The Balaban J connectivity index is 2.03. The van der Waals surface area contributed by atoms with Gasteiger partial charge in [-0.25, -0.2) is 4.39 Å². The van der Waals surface area contributed by atoms with Crippen LogP contribution in [-0.4, -0.2) is 16.5 Å². The average Bonchev–Trinajstić information content (AvgIpc) is 2.37. The number of aromatic nitrogens is 1. The molecule has 1 heterocycles. The Morgan fingerprint density at radius 1 is 1.33 bits per heavy atom. The van der Waals surface area contributed by atoms with Crippen LogP contribution in [0, 0.1) is 12.7 Å². The molecule has 0 amide bonds. The quantitative estimate of drug-likeness (QED) is 0.623. The van der Waals surface area contributed by atoms with Crippen LogP contribution in [0.2, 0.25) is 0 Å². The van der Waals surface area contributed by atoms with Crippen LogP contribution in [-0.2, 0) is 0 Å². The molecule has 0 fully saturated rings. The molecule has 1 aromatic carbocycles. The van der Waals surface area contributed by atoms with Crippen LogP contribution in [0.3, 0.4) is 0 Å². The molecule has 0 N–H and O–H groups in total. The highest BCUT2D eigenvalue weighted by atomic mass is 32.2. The maximum atomic E-state index is 12.9. The Morgan fingerprint density at radius 3 is 2.83 bits per heavy atom. The Labute approximate surface area is 109 Å². The summed E-state index contributed by atoms with van der Waals surface area (Å²) in [6, 6.07) is 9.07. The third-order valence-corrected chi connectivity index (χ3v) is 3.65. The molecule has 0 aliphatic heterocycles. The number of rotatable bonds is 4. The minimum atomic E-state index is -0.484. The van der Waals surface area contributed by atoms with Crippen LogP contribution in [0.25, 0.3) is 0 Å². The molecule has 2 nitrogen and oxygen atoms in total. The van der Waals surface area contributed by atoms with Gasteiger partial charge >= 0.3 is 0 Å². The fourth-order valence-electron chi connectivity index (χ4n) is 1.51. The molecule has 0 saturated carbocycles. The summed E-state index contributed by atoms with van der Waals surface area (Å²) in [6.07, 6.45) is 2.48. The predicted molar refractivity (Wildman–Crippen MR) is 70.4 cm³/mol. The van der Waals surface area contributed by atoms with Crippen LogP contribution in [0.1, 0.15) is 15.9 Å². The highest BCUT2D eigenvalue weighted by Crippen LogP contribution is 2.22. The van der Waals surface area contributed by atoms with Crippen molar-refractivity contribution in [2.45, 2.75) is 11.8 Å². The zero-order chi connectivity index (χ0) is 13.0. The van der Waals surface area contributed by atoms with Crippen LogP contribution in [0.4, 0.5) is 4.39 Å². The van der Waals surface area contributed by atoms with E-state index in [2.05, 4.69) is 4.98 Å². The number of carbonyl (C=O) groups excluding carboxylic acids is 1. The molecule has 0 atom stereocenters. The number of aryl methyl sites for hydroxylation is 1. The van der Waals surface area contributed by atoms with Gasteiger partial charge in [0.15, 0.2) is 5.78 Å². The van der Waals surface area contributed by atoms with E-state index < -0.39 is 5.82 Å². The maximum Gasteiger partial charge on any atom is 0.174 e. The van der Waals surface area contributed by atoms with E-state index in [1.807, 2.05) is 31.2 Å². The van der Waals surface area contributed by atoms with Crippen LogP contribution >= 0.6 is 11.8 Å². The minimum absolute atomic E-state index is 0.116. The molecule has 0 aliphatic carbocycles. The van der Waals surface area contributed by atoms with Gasteiger partial charge in [0, 0.05) is 16.7 Å². The molecule has 0 radical (unpaired) electrons. The van der Waals surface area contributed by atoms with Crippen molar-refractivity contribution in [3.05, 3.63) is 59.7 Å². The molecule has 0 unspecified atom stereocenters. The lowest BCUT2D eigenvalue weighted by molar-refractivity contribution is 0.102. The smallest absolute Gasteiger partial charge is 0.174 e. The minimum Gasteiger partial charge on any atom is -0.293 e. The first-order chi connectivity index (χ1) is 8.66. The molecule has 1 aromatic heterocycles. The van der Waals surface area contributed by atoms with Gasteiger partial charge in [0.25, 0.3) is 0 Å². The highest BCUT2D eigenvalue weighted by Gasteiger charge is 2.08. The van der Waals surface area contributed by atoms with E-state index in [-0.39, 0.29) is 11.5 Å². The molecular formula is C14H12FNOS.